The average molecular weight is 415 g/mol. The number of urea groups is 1. The van der Waals surface area contributed by atoms with Gasteiger partial charge in [-0.1, -0.05) is 12.1 Å². The van der Waals surface area contributed by atoms with Crippen LogP contribution in [0.2, 0.25) is 0 Å². The summed E-state index contributed by atoms with van der Waals surface area (Å²) in [6, 6.07) is 1.13. The second-order valence-corrected chi connectivity index (χ2v) is 9.11. The van der Waals surface area contributed by atoms with Crippen LogP contribution in [0.15, 0.2) is 10.6 Å². The van der Waals surface area contributed by atoms with Crippen LogP contribution >= 0.6 is 0 Å². The van der Waals surface area contributed by atoms with E-state index in [4.69, 9.17) is 4.52 Å². The topological polar surface area (TPSA) is 99.0 Å². The first-order chi connectivity index (χ1) is 14.5. The monoisotopic (exact) mass is 415 g/mol. The molecule has 162 valence electrons. The summed E-state index contributed by atoms with van der Waals surface area (Å²) >= 11 is 0. The van der Waals surface area contributed by atoms with Gasteiger partial charge in [0.05, 0.1) is 6.04 Å². The van der Waals surface area contributed by atoms with E-state index in [1.54, 1.807) is 11.0 Å². The Kier molecular flexibility index (Phi) is 4.80. The molecule has 4 aliphatic rings. The lowest BCUT2D eigenvalue weighted by atomic mass is 9.87. The third-order valence-electron chi connectivity index (χ3n) is 6.99. The van der Waals surface area contributed by atoms with Crippen molar-refractivity contribution >= 4 is 17.8 Å². The second kappa shape index (κ2) is 7.37. The molecule has 30 heavy (non-hydrogen) atoms. The van der Waals surface area contributed by atoms with Crippen LogP contribution in [0.1, 0.15) is 67.6 Å². The molecule has 9 heteroatoms. The van der Waals surface area contributed by atoms with Gasteiger partial charge in [0.1, 0.15) is 11.3 Å². The minimum Gasteiger partial charge on any atom is -0.360 e. The molecule has 4 fully saturated rings. The lowest BCUT2D eigenvalue weighted by molar-refractivity contribution is -0.134. The van der Waals surface area contributed by atoms with E-state index in [0.717, 1.165) is 44.7 Å². The quantitative estimate of drug-likeness (QED) is 0.733. The first-order valence-electron chi connectivity index (χ1n) is 11.1. The molecule has 1 atom stereocenters. The Morgan fingerprint density at radius 2 is 2.00 bits per heavy atom. The van der Waals surface area contributed by atoms with Gasteiger partial charge in [-0.15, -0.1) is 0 Å². The van der Waals surface area contributed by atoms with Crippen molar-refractivity contribution in [3.63, 3.8) is 0 Å². The van der Waals surface area contributed by atoms with Gasteiger partial charge in [-0.3, -0.25) is 14.5 Å². The van der Waals surface area contributed by atoms with Gasteiger partial charge in [0.15, 0.2) is 5.69 Å². The molecule has 5 rings (SSSR count). The fraction of sp³-hybridized carbons (Fsp3) is 0.714. The Hall–Kier alpha value is -2.42. The zero-order valence-corrected chi connectivity index (χ0v) is 17.4. The Morgan fingerprint density at radius 3 is 2.70 bits per heavy atom. The van der Waals surface area contributed by atoms with E-state index in [-0.39, 0.29) is 23.9 Å². The van der Waals surface area contributed by atoms with E-state index in [1.165, 1.54) is 4.90 Å². The second-order valence-electron chi connectivity index (χ2n) is 9.11. The maximum atomic E-state index is 13.3. The van der Waals surface area contributed by atoms with Crippen molar-refractivity contribution in [2.75, 3.05) is 32.7 Å². The molecule has 1 N–H and O–H groups in total. The summed E-state index contributed by atoms with van der Waals surface area (Å²) in [6.07, 6.45) is 5.13. The van der Waals surface area contributed by atoms with Crippen molar-refractivity contribution in [1.82, 2.24) is 25.2 Å². The van der Waals surface area contributed by atoms with Crippen LogP contribution in [0, 0.1) is 0 Å². The van der Waals surface area contributed by atoms with E-state index in [2.05, 4.69) is 22.3 Å². The van der Waals surface area contributed by atoms with Crippen molar-refractivity contribution in [3.05, 3.63) is 17.5 Å². The standard InChI is InChI=1S/C21H29N5O4/c1-2-8-24-10-6-21(7-11-24)19(28)26(20(29)22-21)15-5-9-25(13-15)18(27)16-12-17(30-23-16)14-3-4-14/h12,14-15H,2-11,13H2,1H3,(H,22,29). The molecule has 1 spiro atoms. The highest BCUT2D eigenvalue weighted by Crippen LogP contribution is 2.40. The van der Waals surface area contributed by atoms with Gasteiger partial charge in [-0.25, -0.2) is 4.79 Å². The number of imide groups is 1. The first-order valence-corrected chi connectivity index (χ1v) is 11.1. The average Bonchev–Trinajstić information content (AvgIpc) is 3.18. The third-order valence-corrected chi connectivity index (χ3v) is 6.99. The molecule has 9 nitrogen and oxygen atoms in total. The summed E-state index contributed by atoms with van der Waals surface area (Å²) in [5.74, 6) is 0.860. The maximum absolute atomic E-state index is 13.3. The van der Waals surface area contributed by atoms with Crippen molar-refractivity contribution in [2.45, 2.75) is 62.9 Å². The summed E-state index contributed by atoms with van der Waals surface area (Å²) in [5.41, 5.74) is -0.459. The van der Waals surface area contributed by atoms with Gasteiger partial charge in [-0.05, 0) is 45.1 Å². The van der Waals surface area contributed by atoms with Gasteiger partial charge >= 0.3 is 6.03 Å². The largest absolute Gasteiger partial charge is 0.360 e. The lowest BCUT2D eigenvalue weighted by Gasteiger charge is -2.37. The molecule has 1 aliphatic carbocycles. The summed E-state index contributed by atoms with van der Waals surface area (Å²) in [5, 5.41) is 6.92. The van der Waals surface area contributed by atoms with E-state index in [0.29, 0.717) is 44.0 Å². The number of likely N-dealkylation sites (tertiary alicyclic amines) is 2. The van der Waals surface area contributed by atoms with Crippen LogP contribution in [0.4, 0.5) is 4.79 Å². The highest BCUT2D eigenvalue weighted by atomic mass is 16.5. The number of piperidine rings is 1. The minimum absolute atomic E-state index is 0.125. The molecule has 1 aromatic heterocycles. The van der Waals surface area contributed by atoms with Crippen LogP contribution < -0.4 is 5.32 Å². The maximum Gasteiger partial charge on any atom is 0.325 e. The molecule has 0 radical (unpaired) electrons. The zero-order chi connectivity index (χ0) is 20.9. The number of rotatable bonds is 5. The molecule has 3 saturated heterocycles. The van der Waals surface area contributed by atoms with Crippen LogP contribution in [0.3, 0.4) is 0 Å². The Bertz CT molecular complexity index is 855. The summed E-state index contributed by atoms with van der Waals surface area (Å²) in [7, 11) is 0. The lowest BCUT2D eigenvalue weighted by Crippen LogP contribution is -2.55. The normalized spacial score (nSPS) is 26.6. The summed E-state index contributed by atoms with van der Waals surface area (Å²) < 4.78 is 5.30. The predicted molar refractivity (Wildman–Crippen MR) is 107 cm³/mol. The number of aromatic nitrogens is 1. The van der Waals surface area contributed by atoms with Crippen molar-refractivity contribution < 1.29 is 18.9 Å². The molecule has 0 aromatic carbocycles. The predicted octanol–water partition coefficient (Wildman–Crippen LogP) is 1.56. The smallest absolute Gasteiger partial charge is 0.325 e. The van der Waals surface area contributed by atoms with Crippen LogP contribution in [0.5, 0.6) is 0 Å². The number of carbonyl (C=O) groups is 3. The number of nitrogens with one attached hydrogen (secondary N) is 1. The van der Waals surface area contributed by atoms with E-state index in [9.17, 15) is 14.4 Å². The first kappa shape index (κ1) is 19.5. The number of hydrogen-bond donors (Lipinski definition) is 1. The fourth-order valence-electron chi connectivity index (χ4n) is 5.04. The Morgan fingerprint density at radius 1 is 1.23 bits per heavy atom. The molecular weight excluding hydrogens is 386 g/mol. The molecule has 1 aromatic rings. The Labute approximate surface area is 175 Å². The fourth-order valence-corrected chi connectivity index (χ4v) is 5.04. The number of carbonyl (C=O) groups excluding carboxylic acids is 3. The van der Waals surface area contributed by atoms with Crippen LogP contribution in [-0.4, -0.2) is 82.0 Å². The van der Waals surface area contributed by atoms with E-state index in [1.807, 2.05) is 0 Å². The highest BCUT2D eigenvalue weighted by Gasteiger charge is 2.55. The van der Waals surface area contributed by atoms with Crippen molar-refractivity contribution in [2.24, 2.45) is 0 Å². The molecule has 0 bridgehead atoms. The SMILES string of the molecule is CCCN1CCC2(CC1)NC(=O)N(C1CCN(C(=O)c3cc(C4CC4)on3)C1)C2=O. The van der Waals surface area contributed by atoms with Crippen molar-refractivity contribution in [3.8, 4) is 0 Å². The van der Waals surface area contributed by atoms with Gasteiger partial charge in [0.2, 0.25) is 0 Å². The number of nitrogens with zero attached hydrogens (tertiary/aromatic N) is 4. The van der Waals surface area contributed by atoms with Gasteiger partial charge < -0.3 is 19.6 Å². The van der Waals surface area contributed by atoms with Crippen LogP contribution in [0.25, 0.3) is 0 Å². The van der Waals surface area contributed by atoms with E-state index >= 15 is 0 Å². The number of hydrogen-bond acceptors (Lipinski definition) is 6. The molecule has 4 heterocycles. The van der Waals surface area contributed by atoms with Gasteiger partial charge in [0, 0.05) is 38.2 Å². The molecule has 1 unspecified atom stereocenters. The molecular formula is C21H29N5O4. The van der Waals surface area contributed by atoms with Gasteiger partial charge in [0.25, 0.3) is 11.8 Å². The highest BCUT2D eigenvalue weighted by molar-refractivity contribution is 6.07. The molecule has 3 aliphatic heterocycles. The number of amides is 4. The zero-order valence-electron chi connectivity index (χ0n) is 17.4. The minimum atomic E-state index is -0.774. The molecule has 1 saturated carbocycles. The third kappa shape index (κ3) is 3.29. The summed E-state index contributed by atoms with van der Waals surface area (Å²) in [6.45, 7) is 5.65. The van der Waals surface area contributed by atoms with Gasteiger partial charge in [-0.2, -0.15) is 0 Å². The Balaban J connectivity index is 1.23. The molecule has 4 amide bonds. The summed E-state index contributed by atoms with van der Waals surface area (Å²) in [4.78, 5) is 44.2. The van der Waals surface area contributed by atoms with E-state index < -0.39 is 5.54 Å². The van der Waals surface area contributed by atoms with Crippen molar-refractivity contribution in [1.29, 1.82) is 0 Å². The van der Waals surface area contributed by atoms with Crippen LogP contribution in [-0.2, 0) is 4.79 Å².